The summed E-state index contributed by atoms with van der Waals surface area (Å²) in [7, 11) is 1.60. The van der Waals surface area contributed by atoms with E-state index in [1.807, 2.05) is 30.3 Å². The Morgan fingerprint density at radius 3 is 2.38 bits per heavy atom. The van der Waals surface area contributed by atoms with Gasteiger partial charge in [-0.15, -0.1) is 0 Å². The minimum Gasteiger partial charge on any atom is -0.496 e. The van der Waals surface area contributed by atoms with Crippen LogP contribution in [0.1, 0.15) is 21.5 Å². The van der Waals surface area contributed by atoms with Crippen molar-refractivity contribution in [1.82, 2.24) is 0 Å². The number of rotatable bonds is 5. The molecule has 0 heterocycles. The summed E-state index contributed by atoms with van der Waals surface area (Å²) in [6.07, 6.45) is 0.323. The standard InChI is InChI=1S/C21H16Cl2O3/c1-26-19-9-5-4-8-15(19)16-10-11-18(22)17(20(16)23)12-13-6-2-3-7-14(13)21(24)25/h2-11H,12H2,1H3,(H,24,25). The average Bonchev–Trinajstić information content (AvgIpc) is 2.65. The molecule has 0 aliphatic rings. The van der Waals surface area contributed by atoms with Gasteiger partial charge >= 0.3 is 5.97 Å². The fourth-order valence-electron chi connectivity index (χ4n) is 2.91. The number of ether oxygens (including phenoxy) is 1. The van der Waals surface area contributed by atoms with Crippen LogP contribution in [0.15, 0.2) is 60.7 Å². The summed E-state index contributed by atoms with van der Waals surface area (Å²) in [4.78, 5) is 11.5. The first-order chi connectivity index (χ1) is 12.5. The van der Waals surface area contributed by atoms with Crippen LogP contribution in [0.2, 0.25) is 10.0 Å². The topological polar surface area (TPSA) is 46.5 Å². The summed E-state index contributed by atoms with van der Waals surface area (Å²) < 4.78 is 5.42. The largest absolute Gasteiger partial charge is 0.496 e. The Morgan fingerprint density at radius 1 is 0.962 bits per heavy atom. The monoisotopic (exact) mass is 386 g/mol. The van der Waals surface area contributed by atoms with E-state index in [1.54, 1.807) is 37.4 Å². The summed E-state index contributed by atoms with van der Waals surface area (Å²) in [5.74, 6) is -0.276. The summed E-state index contributed by atoms with van der Waals surface area (Å²) in [5, 5.41) is 10.4. The number of carboxylic acids is 1. The van der Waals surface area contributed by atoms with E-state index < -0.39 is 5.97 Å². The zero-order valence-corrected chi connectivity index (χ0v) is 15.5. The lowest BCUT2D eigenvalue weighted by Gasteiger charge is -2.15. The number of carbonyl (C=O) groups is 1. The number of carboxylic acid groups (broad SMARTS) is 1. The maximum Gasteiger partial charge on any atom is 0.335 e. The summed E-state index contributed by atoms with van der Waals surface area (Å²) >= 11 is 13.1. The lowest BCUT2D eigenvalue weighted by Crippen LogP contribution is -2.03. The molecule has 0 spiro atoms. The van der Waals surface area contributed by atoms with Gasteiger partial charge in [0.15, 0.2) is 0 Å². The van der Waals surface area contributed by atoms with E-state index in [9.17, 15) is 9.90 Å². The van der Waals surface area contributed by atoms with Crippen molar-refractivity contribution in [3.63, 3.8) is 0 Å². The number of aromatic carboxylic acids is 1. The third kappa shape index (κ3) is 3.55. The van der Waals surface area contributed by atoms with Crippen LogP contribution >= 0.6 is 23.2 Å². The smallest absolute Gasteiger partial charge is 0.335 e. The van der Waals surface area contributed by atoms with Crippen molar-refractivity contribution in [3.05, 3.63) is 87.4 Å². The molecule has 0 aliphatic heterocycles. The van der Waals surface area contributed by atoms with Gasteiger partial charge in [-0.3, -0.25) is 0 Å². The predicted octanol–water partition coefficient (Wildman–Crippen LogP) is 5.96. The Bertz CT molecular complexity index is 967. The highest BCUT2D eigenvalue weighted by Gasteiger charge is 2.17. The van der Waals surface area contributed by atoms with Gasteiger partial charge in [0, 0.05) is 22.6 Å². The lowest BCUT2D eigenvalue weighted by molar-refractivity contribution is 0.0696. The second-order valence-corrected chi connectivity index (χ2v) is 6.51. The molecule has 0 saturated heterocycles. The molecule has 0 amide bonds. The SMILES string of the molecule is COc1ccccc1-c1ccc(Cl)c(Cc2ccccc2C(=O)O)c1Cl. The molecule has 0 atom stereocenters. The molecular weight excluding hydrogens is 371 g/mol. The van der Waals surface area contributed by atoms with Crippen LogP contribution in [0.25, 0.3) is 11.1 Å². The van der Waals surface area contributed by atoms with Gasteiger partial charge in [0.1, 0.15) is 5.75 Å². The second-order valence-electron chi connectivity index (χ2n) is 5.73. The number of hydrogen-bond acceptors (Lipinski definition) is 2. The van der Waals surface area contributed by atoms with Crippen LogP contribution in [0.4, 0.5) is 0 Å². The number of methoxy groups -OCH3 is 1. The van der Waals surface area contributed by atoms with Crippen LogP contribution in [0, 0.1) is 0 Å². The number of benzene rings is 3. The normalized spacial score (nSPS) is 10.6. The van der Waals surface area contributed by atoms with Crippen LogP contribution in [-0.2, 0) is 6.42 Å². The third-order valence-corrected chi connectivity index (χ3v) is 4.98. The van der Waals surface area contributed by atoms with Crippen molar-refractivity contribution in [1.29, 1.82) is 0 Å². The van der Waals surface area contributed by atoms with Gasteiger partial charge in [-0.2, -0.15) is 0 Å². The van der Waals surface area contributed by atoms with E-state index in [0.29, 0.717) is 33.3 Å². The van der Waals surface area contributed by atoms with E-state index in [2.05, 4.69) is 0 Å². The average molecular weight is 387 g/mol. The van der Waals surface area contributed by atoms with Crippen molar-refractivity contribution in [2.45, 2.75) is 6.42 Å². The second kappa shape index (κ2) is 7.81. The van der Waals surface area contributed by atoms with Crippen molar-refractivity contribution in [2.24, 2.45) is 0 Å². The fraction of sp³-hybridized carbons (Fsp3) is 0.0952. The maximum absolute atomic E-state index is 11.5. The van der Waals surface area contributed by atoms with Crippen LogP contribution in [-0.4, -0.2) is 18.2 Å². The first-order valence-corrected chi connectivity index (χ1v) is 8.70. The summed E-state index contributed by atoms with van der Waals surface area (Å²) in [5.41, 5.74) is 3.22. The molecule has 0 fully saturated rings. The molecule has 0 aliphatic carbocycles. The predicted molar refractivity (Wildman–Crippen MR) is 105 cm³/mol. The van der Waals surface area contributed by atoms with Gasteiger partial charge in [-0.25, -0.2) is 4.79 Å². The quantitative estimate of drug-likeness (QED) is 0.588. The van der Waals surface area contributed by atoms with E-state index in [4.69, 9.17) is 27.9 Å². The zero-order chi connectivity index (χ0) is 18.7. The molecule has 1 N–H and O–H groups in total. The highest BCUT2D eigenvalue weighted by molar-refractivity contribution is 6.38. The Kier molecular flexibility index (Phi) is 5.50. The molecule has 3 aromatic carbocycles. The fourth-order valence-corrected chi connectivity index (χ4v) is 3.51. The number of halogens is 2. The van der Waals surface area contributed by atoms with Crippen LogP contribution in [0.5, 0.6) is 5.75 Å². The Labute approximate surface area is 161 Å². The minimum atomic E-state index is -0.978. The van der Waals surface area contributed by atoms with Gasteiger partial charge in [-0.1, -0.05) is 65.7 Å². The van der Waals surface area contributed by atoms with Crippen LogP contribution < -0.4 is 4.74 Å². The molecule has 0 aromatic heterocycles. The molecule has 3 nitrogen and oxygen atoms in total. The lowest BCUT2D eigenvalue weighted by atomic mass is 9.96. The molecule has 5 heteroatoms. The minimum absolute atomic E-state index is 0.238. The number of hydrogen-bond donors (Lipinski definition) is 1. The maximum atomic E-state index is 11.5. The molecule has 0 bridgehead atoms. The van der Waals surface area contributed by atoms with Crippen molar-refractivity contribution < 1.29 is 14.6 Å². The van der Waals surface area contributed by atoms with Gasteiger partial charge in [0.2, 0.25) is 0 Å². The Morgan fingerprint density at radius 2 is 1.65 bits per heavy atom. The van der Waals surface area contributed by atoms with Crippen molar-refractivity contribution in [3.8, 4) is 16.9 Å². The molecule has 132 valence electrons. The zero-order valence-electron chi connectivity index (χ0n) is 14.0. The van der Waals surface area contributed by atoms with E-state index in [0.717, 1.165) is 11.1 Å². The first kappa shape index (κ1) is 18.3. The molecule has 0 unspecified atom stereocenters. The van der Waals surface area contributed by atoms with Gasteiger partial charge in [0.25, 0.3) is 0 Å². The molecular formula is C21H16Cl2O3. The molecule has 0 saturated carbocycles. The van der Waals surface area contributed by atoms with Crippen LogP contribution in [0.3, 0.4) is 0 Å². The highest BCUT2D eigenvalue weighted by Crippen LogP contribution is 2.39. The van der Waals surface area contributed by atoms with E-state index >= 15 is 0 Å². The van der Waals surface area contributed by atoms with Crippen molar-refractivity contribution in [2.75, 3.05) is 7.11 Å². The first-order valence-electron chi connectivity index (χ1n) is 7.94. The van der Waals surface area contributed by atoms with E-state index in [-0.39, 0.29) is 5.56 Å². The van der Waals surface area contributed by atoms with E-state index in [1.165, 1.54) is 0 Å². The number of para-hydroxylation sites is 1. The highest BCUT2D eigenvalue weighted by atomic mass is 35.5. The molecule has 3 rings (SSSR count). The van der Waals surface area contributed by atoms with Gasteiger partial charge < -0.3 is 9.84 Å². The van der Waals surface area contributed by atoms with Gasteiger partial charge in [-0.05, 0) is 29.3 Å². The van der Waals surface area contributed by atoms with Gasteiger partial charge in [0.05, 0.1) is 17.7 Å². The summed E-state index contributed by atoms with van der Waals surface area (Å²) in [6.45, 7) is 0. The summed E-state index contributed by atoms with van der Waals surface area (Å²) in [6, 6.07) is 18.0. The molecule has 3 aromatic rings. The van der Waals surface area contributed by atoms with Crippen molar-refractivity contribution >= 4 is 29.2 Å². The third-order valence-electron chi connectivity index (χ3n) is 4.20. The Hall–Kier alpha value is -2.49. The molecule has 26 heavy (non-hydrogen) atoms. The molecule has 0 radical (unpaired) electrons. The Balaban J connectivity index is 2.11.